The number of carbonyl (C=O) groups excluding carboxylic acids is 1. The number of amides is 1. The molecule has 0 aliphatic carbocycles. The van der Waals surface area contributed by atoms with Crippen LogP contribution in [0.4, 0.5) is 5.69 Å². The highest BCUT2D eigenvalue weighted by molar-refractivity contribution is 8.00. The summed E-state index contributed by atoms with van der Waals surface area (Å²) in [5.74, 6) is 0.0527. The van der Waals surface area contributed by atoms with E-state index in [-0.39, 0.29) is 29.2 Å². The second kappa shape index (κ2) is 8.21. The lowest BCUT2D eigenvalue weighted by atomic mass is 10.2. The third-order valence-corrected chi connectivity index (χ3v) is 7.86. The molecule has 0 radical (unpaired) electrons. The second-order valence-corrected chi connectivity index (χ2v) is 10.0. The summed E-state index contributed by atoms with van der Waals surface area (Å²) in [6, 6.07) is 14.0. The van der Waals surface area contributed by atoms with Gasteiger partial charge in [0.1, 0.15) is 0 Å². The molecule has 138 valence electrons. The molecule has 0 bridgehead atoms. The molecule has 0 unspecified atom stereocenters. The zero-order chi connectivity index (χ0) is 18.7. The summed E-state index contributed by atoms with van der Waals surface area (Å²) < 4.78 is 23.8. The molecule has 1 aliphatic heterocycles. The number of hydrogen-bond donors (Lipinski definition) is 0. The molecule has 2 aromatic carbocycles. The fourth-order valence-electron chi connectivity index (χ4n) is 2.95. The van der Waals surface area contributed by atoms with Gasteiger partial charge in [0.15, 0.2) is 9.84 Å². The standard InChI is InChI=1S/C18H17Cl2NO3S2/c19-15-7-4-8-16(20)18(15)25-11-17(22)21(13-5-2-1-3-6-13)14-9-10-26(23,24)12-14/h1-8,14H,9-12H2/t14-/m1/s1. The van der Waals surface area contributed by atoms with E-state index in [0.717, 1.165) is 0 Å². The van der Waals surface area contributed by atoms with Crippen LogP contribution in [0.25, 0.3) is 0 Å². The number of benzene rings is 2. The van der Waals surface area contributed by atoms with Crippen molar-refractivity contribution in [2.24, 2.45) is 0 Å². The molecule has 1 atom stereocenters. The third-order valence-electron chi connectivity index (χ3n) is 4.14. The Bertz CT molecular complexity index is 884. The van der Waals surface area contributed by atoms with Crippen molar-refractivity contribution >= 4 is 56.4 Å². The quantitative estimate of drug-likeness (QED) is 0.664. The lowest BCUT2D eigenvalue weighted by Crippen LogP contribution is -2.42. The van der Waals surface area contributed by atoms with Gasteiger partial charge in [-0.05, 0) is 30.7 Å². The van der Waals surface area contributed by atoms with Crippen LogP contribution in [0.5, 0.6) is 0 Å². The highest BCUT2D eigenvalue weighted by Gasteiger charge is 2.35. The van der Waals surface area contributed by atoms with Crippen LogP contribution in [0.2, 0.25) is 10.0 Å². The first-order valence-electron chi connectivity index (χ1n) is 8.02. The Hall–Kier alpha value is -1.21. The first kappa shape index (κ1) is 19.5. The number of thioether (sulfide) groups is 1. The maximum Gasteiger partial charge on any atom is 0.237 e. The van der Waals surface area contributed by atoms with E-state index in [4.69, 9.17) is 23.2 Å². The van der Waals surface area contributed by atoms with E-state index < -0.39 is 9.84 Å². The number of para-hydroxylation sites is 1. The van der Waals surface area contributed by atoms with Crippen LogP contribution >= 0.6 is 35.0 Å². The van der Waals surface area contributed by atoms with Gasteiger partial charge in [-0.25, -0.2) is 8.42 Å². The van der Waals surface area contributed by atoms with Crippen LogP contribution < -0.4 is 4.90 Å². The van der Waals surface area contributed by atoms with Gasteiger partial charge in [-0.2, -0.15) is 0 Å². The monoisotopic (exact) mass is 429 g/mol. The van der Waals surface area contributed by atoms with Crippen molar-refractivity contribution in [2.45, 2.75) is 17.4 Å². The molecule has 0 saturated carbocycles. The average molecular weight is 430 g/mol. The van der Waals surface area contributed by atoms with Crippen LogP contribution in [0.3, 0.4) is 0 Å². The van der Waals surface area contributed by atoms with Crippen LogP contribution in [0, 0.1) is 0 Å². The molecule has 1 amide bonds. The first-order valence-corrected chi connectivity index (χ1v) is 11.6. The van der Waals surface area contributed by atoms with Crippen molar-refractivity contribution in [3.63, 3.8) is 0 Å². The van der Waals surface area contributed by atoms with Crippen molar-refractivity contribution in [1.29, 1.82) is 0 Å². The van der Waals surface area contributed by atoms with Crippen LogP contribution in [0.15, 0.2) is 53.4 Å². The van der Waals surface area contributed by atoms with Crippen LogP contribution in [0.1, 0.15) is 6.42 Å². The zero-order valence-corrected chi connectivity index (χ0v) is 16.9. The number of hydrogen-bond acceptors (Lipinski definition) is 4. The highest BCUT2D eigenvalue weighted by atomic mass is 35.5. The van der Waals surface area contributed by atoms with E-state index in [1.165, 1.54) is 11.8 Å². The number of rotatable bonds is 5. The fraction of sp³-hybridized carbons (Fsp3) is 0.278. The number of nitrogens with zero attached hydrogens (tertiary/aromatic N) is 1. The molecule has 1 aliphatic rings. The fourth-order valence-corrected chi connectivity index (χ4v) is 6.19. The van der Waals surface area contributed by atoms with Gasteiger partial charge < -0.3 is 4.90 Å². The van der Waals surface area contributed by atoms with Gasteiger partial charge in [0.2, 0.25) is 5.91 Å². The minimum Gasteiger partial charge on any atom is -0.308 e. The molecule has 1 fully saturated rings. The minimum absolute atomic E-state index is 0.00878. The topological polar surface area (TPSA) is 54.5 Å². The van der Waals surface area contributed by atoms with E-state index in [9.17, 15) is 13.2 Å². The second-order valence-electron chi connectivity index (χ2n) is 6.00. The molecule has 1 heterocycles. The Morgan fingerprint density at radius 3 is 2.31 bits per heavy atom. The summed E-state index contributed by atoms with van der Waals surface area (Å²) in [5.41, 5.74) is 0.699. The molecule has 0 aromatic heterocycles. The summed E-state index contributed by atoms with van der Waals surface area (Å²) >= 11 is 13.6. The average Bonchev–Trinajstić information content (AvgIpc) is 2.95. The normalized spacial score (nSPS) is 18.6. The van der Waals surface area contributed by atoms with E-state index in [1.807, 2.05) is 30.3 Å². The summed E-state index contributed by atoms with van der Waals surface area (Å²) in [6.07, 6.45) is 0.445. The maximum atomic E-state index is 13.0. The smallest absolute Gasteiger partial charge is 0.237 e. The molecule has 1 saturated heterocycles. The predicted molar refractivity (Wildman–Crippen MR) is 108 cm³/mol. The summed E-state index contributed by atoms with van der Waals surface area (Å²) in [4.78, 5) is 15.2. The molecule has 4 nitrogen and oxygen atoms in total. The first-order chi connectivity index (χ1) is 12.4. The van der Waals surface area contributed by atoms with Crippen molar-refractivity contribution in [3.05, 3.63) is 58.6 Å². The Morgan fingerprint density at radius 1 is 1.08 bits per heavy atom. The highest BCUT2D eigenvalue weighted by Crippen LogP contribution is 2.34. The van der Waals surface area contributed by atoms with Gasteiger partial charge in [0.05, 0.1) is 33.3 Å². The van der Waals surface area contributed by atoms with E-state index in [2.05, 4.69) is 0 Å². The number of sulfone groups is 1. The summed E-state index contributed by atoms with van der Waals surface area (Å²) in [6.45, 7) is 0. The molecule has 3 rings (SSSR count). The van der Waals surface area contributed by atoms with Gasteiger partial charge >= 0.3 is 0 Å². The lowest BCUT2D eigenvalue weighted by Gasteiger charge is -2.28. The SMILES string of the molecule is O=C(CSc1c(Cl)cccc1Cl)N(c1ccccc1)[C@@H]1CCS(=O)(=O)C1. The van der Waals surface area contributed by atoms with E-state index >= 15 is 0 Å². The van der Waals surface area contributed by atoms with Crippen molar-refractivity contribution in [3.8, 4) is 0 Å². The molecule has 0 N–H and O–H groups in total. The van der Waals surface area contributed by atoms with Gasteiger partial charge in [0.25, 0.3) is 0 Å². The lowest BCUT2D eigenvalue weighted by molar-refractivity contribution is -0.116. The third kappa shape index (κ3) is 4.55. The van der Waals surface area contributed by atoms with Gasteiger partial charge in [0, 0.05) is 10.6 Å². The van der Waals surface area contributed by atoms with Gasteiger partial charge in [-0.1, -0.05) is 47.5 Å². The molecular weight excluding hydrogens is 413 g/mol. The van der Waals surface area contributed by atoms with E-state index in [0.29, 0.717) is 27.0 Å². The van der Waals surface area contributed by atoms with Gasteiger partial charge in [-0.15, -0.1) is 11.8 Å². The Morgan fingerprint density at radius 2 is 1.73 bits per heavy atom. The number of anilines is 1. The molecule has 0 spiro atoms. The minimum atomic E-state index is -3.11. The van der Waals surface area contributed by atoms with Crippen molar-refractivity contribution in [2.75, 3.05) is 22.2 Å². The molecule has 8 heteroatoms. The van der Waals surface area contributed by atoms with Gasteiger partial charge in [-0.3, -0.25) is 4.79 Å². The van der Waals surface area contributed by atoms with Crippen LogP contribution in [-0.4, -0.2) is 37.6 Å². The van der Waals surface area contributed by atoms with Crippen molar-refractivity contribution < 1.29 is 13.2 Å². The van der Waals surface area contributed by atoms with Crippen molar-refractivity contribution in [1.82, 2.24) is 0 Å². The predicted octanol–water partition coefficient (Wildman–Crippen LogP) is 4.31. The Balaban J connectivity index is 1.82. The molecule has 2 aromatic rings. The largest absolute Gasteiger partial charge is 0.308 e. The Kier molecular flexibility index (Phi) is 6.17. The maximum absolute atomic E-state index is 13.0. The summed E-state index contributed by atoms with van der Waals surface area (Å²) in [5, 5.41) is 0.981. The van der Waals surface area contributed by atoms with E-state index in [1.54, 1.807) is 23.1 Å². The van der Waals surface area contributed by atoms with Crippen LogP contribution in [-0.2, 0) is 14.6 Å². The Labute approximate surface area is 167 Å². The zero-order valence-electron chi connectivity index (χ0n) is 13.8. The summed E-state index contributed by atoms with van der Waals surface area (Å²) in [7, 11) is -3.11. The molecular formula is C18H17Cl2NO3S2. The number of carbonyl (C=O) groups is 1. The molecule has 26 heavy (non-hydrogen) atoms. The number of halogens is 2.